The minimum Gasteiger partial charge on any atom is -0.740 e. The lowest BCUT2D eigenvalue weighted by molar-refractivity contribution is 0.440. The highest BCUT2D eigenvalue weighted by atomic mass is 32.2. The van der Waals surface area contributed by atoms with Crippen molar-refractivity contribution in [1.29, 1.82) is 0 Å². The number of aromatic nitrogens is 2. The van der Waals surface area contributed by atoms with Crippen LogP contribution in [0.3, 0.4) is 0 Å². The maximum absolute atomic E-state index is 10.2. The lowest BCUT2D eigenvalue weighted by atomic mass is 10.3. The molecule has 0 aliphatic carbocycles. The fourth-order valence-corrected chi connectivity index (χ4v) is 1.42. The van der Waals surface area contributed by atoms with Gasteiger partial charge in [0.1, 0.15) is 17.1 Å². The zero-order valence-corrected chi connectivity index (χ0v) is 8.39. The first-order valence-corrected chi connectivity index (χ1v) is 5.13. The van der Waals surface area contributed by atoms with E-state index in [1.807, 2.05) is 0 Å². The third-order valence-electron chi connectivity index (χ3n) is 1.77. The van der Waals surface area contributed by atoms with E-state index in [0.717, 1.165) is 5.69 Å². The maximum atomic E-state index is 10.2. The molecule has 0 saturated carbocycles. The molecule has 0 amide bonds. The van der Waals surface area contributed by atoms with Gasteiger partial charge >= 0.3 is 0 Å². The summed E-state index contributed by atoms with van der Waals surface area (Å²) in [5.41, 5.74) is 0.837. The fourth-order valence-electron chi connectivity index (χ4n) is 1.15. The van der Waals surface area contributed by atoms with Gasteiger partial charge in [0.05, 0.1) is 5.69 Å². The van der Waals surface area contributed by atoms with E-state index in [-0.39, 0.29) is 5.75 Å². The molecule has 0 aliphatic heterocycles. The molecule has 15 heavy (non-hydrogen) atoms. The summed E-state index contributed by atoms with van der Waals surface area (Å²) < 4.78 is 26.6. The first-order valence-electron chi connectivity index (χ1n) is 4.13. The molecular weight excluding hydrogens is 216 g/mol. The van der Waals surface area contributed by atoms with Crippen molar-refractivity contribution in [1.82, 2.24) is 9.78 Å². The van der Waals surface area contributed by atoms with Gasteiger partial charge in [-0.15, -0.1) is 0 Å². The van der Waals surface area contributed by atoms with E-state index in [9.17, 15) is 8.76 Å². The van der Waals surface area contributed by atoms with Gasteiger partial charge < -0.3 is 8.74 Å². The lowest BCUT2D eigenvalue weighted by Gasteiger charge is -2.07. The van der Waals surface area contributed by atoms with E-state index < -0.39 is 11.4 Å². The number of rotatable bonds is 3. The van der Waals surface area contributed by atoms with Crippen LogP contribution in [0.5, 0.6) is 5.75 Å². The van der Waals surface area contributed by atoms with Gasteiger partial charge in [-0.1, -0.05) is 0 Å². The van der Waals surface area contributed by atoms with Crippen LogP contribution in [0.15, 0.2) is 42.7 Å². The van der Waals surface area contributed by atoms with E-state index in [4.69, 9.17) is 0 Å². The summed E-state index contributed by atoms with van der Waals surface area (Å²) in [4.78, 5) is 0. The number of hydrogen-bond donors (Lipinski definition) is 0. The SMILES string of the molecule is O=S([O-])Oc1ccc(-n2cccn2)cc1. The molecule has 1 unspecified atom stereocenters. The topological polar surface area (TPSA) is 67.2 Å². The second kappa shape index (κ2) is 4.24. The summed E-state index contributed by atoms with van der Waals surface area (Å²) in [6.07, 6.45) is 3.46. The molecule has 0 spiro atoms. The van der Waals surface area contributed by atoms with Crippen molar-refractivity contribution in [2.24, 2.45) is 0 Å². The van der Waals surface area contributed by atoms with Crippen LogP contribution in [-0.2, 0) is 11.4 Å². The minimum absolute atomic E-state index is 0.277. The molecule has 5 nitrogen and oxygen atoms in total. The Labute approximate surface area is 88.8 Å². The van der Waals surface area contributed by atoms with Crippen molar-refractivity contribution >= 4 is 11.4 Å². The highest BCUT2D eigenvalue weighted by Gasteiger charge is 1.97. The Kier molecular flexibility index (Phi) is 2.79. The first-order chi connectivity index (χ1) is 7.25. The monoisotopic (exact) mass is 223 g/mol. The number of hydrogen-bond acceptors (Lipinski definition) is 4. The van der Waals surface area contributed by atoms with Gasteiger partial charge in [-0.3, -0.25) is 0 Å². The van der Waals surface area contributed by atoms with Gasteiger partial charge in [0.25, 0.3) is 0 Å². The Hall–Kier alpha value is -1.66. The van der Waals surface area contributed by atoms with Crippen molar-refractivity contribution in [3.8, 4) is 11.4 Å². The Morgan fingerprint density at radius 2 is 2.07 bits per heavy atom. The molecule has 78 valence electrons. The largest absolute Gasteiger partial charge is 0.740 e. The third-order valence-corrected chi connectivity index (χ3v) is 2.10. The second-order valence-corrected chi connectivity index (χ2v) is 3.31. The minimum atomic E-state index is -2.53. The van der Waals surface area contributed by atoms with Crippen LogP contribution in [0.4, 0.5) is 0 Å². The van der Waals surface area contributed by atoms with Crippen molar-refractivity contribution in [3.63, 3.8) is 0 Å². The average molecular weight is 223 g/mol. The maximum Gasteiger partial charge on any atom is 0.139 e. The molecule has 2 aromatic rings. The van der Waals surface area contributed by atoms with E-state index in [1.165, 1.54) is 0 Å². The van der Waals surface area contributed by atoms with E-state index in [0.29, 0.717) is 0 Å². The van der Waals surface area contributed by atoms with Gasteiger partial charge in [0.15, 0.2) is 0 Å². The molecular formula is C9H7N2O3S-. The average Bonchev–Trinajstić information content (AvgIpc) is 2.71. The highest BCUT2D eigenvalue weighted by Crippen LogP contribution is 2.14. The van der Waals surface area contributed by atoms with Crippen molar-refractivity contribution < 1.29 is 12.9 Å². The fraction of sp³-hybridized carbons (Fsp3) is 0. The molecule has 0 aliphatic rings. The zero-order chi connectivity index (χ0) is 10.7. The third kappa shape index (κ3) is 2.42. The molecule has 2 rings (SSSR count). The summed E-state index contributed by atoms with van der Waals surface area (Å²) in [7, 11) is 0. The van der Waals surface area contributed by atoms with Crippen LogP contribution >= 0.6 is 0 Å². The predicted octanol–water partition coefficient (Wildman–Crippen LogP) is 1.05. The van der Waals surface area contributed by atoms with Gasteiger partial charge in [0.2, 0.25) is 0 Å². The molecule has 0 fully saturated rings. The highest BCUT2D eigenvalue weighted by molar-refractivity contribution is 7.74. The second-order valence-electron chi connectivity index (χ2n) is 2.73. The molecule has 1 aromatic heterocycles. The molecule has 1 atom stereocenters. The van der Waals surface area contributed by atoms with Gasteiger partial charge in [-0.05, 0) is 30.3 Å². The van der Waals surface area contributed by atoms with Gasteiger partial charge in [-0.2, -0.15) is 5.10 Å². The van der Waals surface area contributed by atoms with E-state index >= 15 is 0 Å². The Morgan fingerprint density at radius 1 is 1.33 bits per heavy atom. The summed E-state index contributed by atoms with van der Waals surface area (Å²) >= 11 is -2.53. The van der Waals surface area contributed by atoms with Crippen LogP contribution in [-0.4, -0.2) is 18.5 Å². The summed E-state index contributed by atoms with van der Waals surface area (Å²) in [5.74, 6) is 0.277. The summed E-state index contributed by atoms with van der Waals surface area (Å²) in [6.45, 7) is 0. The smallest absolute Gasteiger partial charge is 0.139 e. The number of nitrogens with zero attached hydrogens (tertiary/aromatic N) is 2. The summed E-state index contributed by atoms with van der Waals surface area (Å²) in [6, 6.07) is 8.36. The Morgan fingerprint density at radius 3 is 2.60 bits per heavy atom. The molecule has 1 heterocycles. The molecule has 6 heteroatoms. The molecule has 1 aromatic carbocycles. The molecule has 0 bridgehead atoms. The molecule has 0 saturated heterocycles. The van der Waals surface area contributed by atoms with Crippen molar-refractivity contribution in [3.05, 3.63) is 42.7 Å². The first kappa shape index (κ1) is 9.88. The van der Waals surface area contributed by atoms with Gasteiger partial charge in [0, 0.05) is 12.4 Å². The number of benzene rings is 1. The predicted molar refractivity (Wildman–Crippen MR) is 53.1 cm³/mol. The lowest BCUT2D eigenvalue weighted by Crippen LogP contribution is -1.98. The van der Waals surface area contributed by atoms with Crippen LogP contribution in [0.2, 0.25) is 0 Å². The van der Waals surface area contributed by atoms with E-state index in [2.05, 4.69) is 9.28 Å². The van der Waals surface area contributed by atoms with Crippen LogP contribution < -0.4 is 4.18 Å². The van der Waals surface area contributed by atoms with Crippen LogP contribution in [0, 0.1) is 0 Å². The van der Waals surface area contributed by atoms with Crippen molar-refractivity contribution in [2.45, 2.75) is 0 Å². The van der Waals surface area contributed by atoms with Gasteiger partial charge in [-0.25, -0.2) is 8.89 Å². The van der Waals surface area contributed by atoms with Crippen molar-refractivity contribution in [2.75, 3.05) is 0 Å². The molecule has 0 radical (unpaired) electrons. The zero-order valence-electron chi connectivity index (χ0n) is 7.57. The quantitative estimate of drug-likeness (QED) is 0.729. The standard InChI is InChI=1S/C9H8N2O3S/c12-15(13)14-9-4-2-8(3-5-9)11-7-1-6-10-11/h1-7H,(H,12,13)/p-1. The molecule has 0 N–H and O–H groups in total. The Bertz CT molecular complexity index is 453. The van der Waals surface area contributed by atoms with E-state index in [1.54, 1.807) is 47.4 Å². The van der Waals surface area contributed by atoms with Crippen LogP contribution in [0.1, 0.15) is 0 Å². The summed E-state index contributed by atoms with van der Waals surface area (Å²) in [5, 5.41) is 4.03. The van der Waals surface area contributed by atoms with Crippen LogP contribution in [0.25, 0.3) is 5.69 Å². The Balaban J connectivity index is 2.21. The normalized spacial score (nSPS) is 12.3.